The lowest BCUT2D eigenvalue weighted by Crippen LogP contribution is -2.51. The summed E-state index contributed by atoms with van der Waals surface area (Å²) in [5.41, 5.74) is 0. The molecule has 0 bridgehead atoms. The van der Waals surface area contributed by atoms with Crippen LogP contribution >= 0.6 is 0 Å². The first-order valence-electron chi connectivity index (χ1n) is 10.8. The van der Waals surface area contributed by atoms with Crippen LogP contribution in [0.1, 0.15) is 89.9 Å². The molecule has 2 unspecified atom stereocenters. The van der Waals surface area contributed by atoms with Crippen LogP contribution in [-0.2, 0) is 9.59 Å². The number of fused-ring (bicyclic) bond motifs is 1. The minimum atomic E-state index is 0.0160. The molecule has 4 heteroatoms. The van der Waals surface area contributed by atoms with Crippen LogP contribution in [0.5, 0.6) is 0 Å². The highest BCUT2D eigenvalue weighted by atomic mass is 16.2. The van der Waals surface area contributed by atoms with E-state index in [1.54, 1.807) is 0 Å². The predicted molar refractivity (Wildman–Crippen MR) is 100 cm³/mol. The maximum atomic E-state index is 13.1. The number of hydrogen-bond donors (Lipinski definition) is 1. The van der Waals surface area contributed by atoms with Gasteiger partial charge in [0.2, 0.25) is 11.8 Å². The van der Waals surface area contributed by atoms with Crippen LogP contribution < -0.4 is 5.32 Å². The summed E-state index contributed by atoms with van der Waals surface area (Å²) in [6.45, 7) is 1.66. The zero-order valence-corrected chi connectivity index (χ0v) is 15.8. The average molecular weight is 349 g/mol. The van der Waals surface area contributed by atoms with Crippen LogP contribution in [0.2, 0.25) is 0 Å². The first-order chi connectivity index (χ1) is 12.3. The molecule has 1 aliphatic heterocycles. The van der Waals surface area contributed by atoms with Gasteiger partial charge in [-0.05, 0) is 38.0 Å². The van der Waals surface area contributed by atoms with Crippen LogP contribution in [0, 0.1) is 11.8 Å². The second kappa shape index (κ2) is 9.59. The van der Waals surface area contributed by atoms with Crippen molar-refractivity contribution < 1.29 is 9.59 Å². The van der Waals surface area contributed by atoms with E-state index >= 15 is 0 Å². The molecule has 2 amide bonds. The highest BCUT2D eigenvalue weighted by Crippen LogP contribution is 2.32. The lowest BCUT2D eigenvalue weighted by Gasteiger charge is -2.39. The number of nitrogens with zero attached hydrogens (tertiary/aromatic N) is 1. The molecule has 0 aromatic rings. The van der Waals surface area contributed by atoms with Gasteiger partial charge in [-0.1, -0.05) is 51.4 Å². The van der Waals surface area contributed by atoms with Crippen molar-refractivity contribution in [1.29, 1.82) is 0 Å². The third-order valence-corrected chi connectivity index (χ3v) is 6.65. The summed E-state index contributed by atoms with van der Waals surface area (Å²) in [6.07, 6.45) is 15.7. The number of carbonyl (C=O) groups excluding carboxylic acids is 2. The molecule has 3 aliphatic rings. The van der Waals surface area contributed by atoms with E-state index in [0.29, 0.717) is 12.3 Å². The zero-order valence-electron chi connectivity index (χ0n) is 15.8. The van der Waals surface area contributed by atoms with Crippen molar-refractivity contribution >= 4 is 11.8 Å². The Balaban J connectivity index is 1.66. The van der Waals surface area contributed by atoms with Gasteiger partial charge in [-0.25, -0.2) is 0 Å². The molecule has 1 N–H and O–H groups in total. The van der Waals surface area contributed by atoms with Crippen molar-refractivity contribution in [2.24, 2.45) is 11.8 Å². The van der Waals surface area contributed by atoms with Gasteiger partial charge in [0.1, 0.15) is 0 Å². The zero-order chi connectivity index (χ0) is 17.5. The Morgan fingerprint density at radius 1 is 0.920 bits per heavy atom. The van der Waals surface area contributed by atoms with Crippen LogP contribution in [0.4, 0.5) is 0 Å². The molecule has 1 saturated heterocycles. The Labute approximate surface area is 153 Å². The first-order valence-corrected chi connectivity index (χ1v) is 10.8. The number of nitrogens with one attached hydrogen (secondary N) is 1. The van der Waals surface area contributed by atoms with Gasteiger partial charge in [-0.15, -0.1) is 0 Å². The SMILES string of the molecule is O=C1NCCCCCCN(C(=O)CCC2CCCC2)C2CCCCC12. The lowest BCUT2D eigenvalue weighted by atomic mass is 9.82. The third kappa shape index (κ3) is 5.21. The van der Waals surface area contributed by atoms with Crippen LogP contribution in [0.3, 0.4) is 0 Å². The highest BCUT2D eigenvalue weighted by Gasteiger charge is 2.36. The largest absolute Gasteiger partial charge is 0.356 e. The lowest BCUT2D eigenvalue weighted by molar-refractivity contribution is -0.139. The van der Waals surface area contributed by atoms with E-state index in [4.69, 9.17) is 0 Å². The predicted octanol–water partition coefficient (Wildman–Crippen LogP) is 4.03. The van der Waals surface area contributed by atoms with Crippen LogP contribution in [0.25, 0.3) is 0 Å². The smallest absolute Gasteiger partial charge is 0.225 e. The topological polar surface area (TPSA) is 49.4 Å². The molecule has 3 rings (SSSR count). The van der Waals surface area contributed by atoms with Gasteiger partial charge in [-0.2, -0.15) is 0 Å². The molecule has 2 atom stereocenters. The molecule has 0 radical (unpaired) electrons. The fraction of sp³-hybridized carbons (Fsp3) is 0.905. The Kier molecular flexibility index (Phi) is 7.18. The molecular weight excluding hydrogens is 312 g/mol. The van der Waals surface area contributed by atoms with E-state index in [1.165, 1.54) is 32.1 Å². The maximum absolute atomic E-state index is 13.1. The van der Waals surface area contributed by atoms with Crippen molar-refractivity contribution in [2.75, 3.05) is 13.1 Å². The minimum Gasteiger partial charge on any atom is -0.356 e. The standard InChI is InChI=1S/C21H36N2O2/c24-20(14-13-17-9-3-4-10-17)23-16-8-2-1-7-15-22-21(25)18-11-5-6-12-19(18)23/h17-19H,1-16H2,(H,22,25). The van der Waals surface area contributed by atoms with Crippen molar-refractivity contribution in [2.45, 2.75) is 95.9 Å². The van der Waals surface area contributed by atoms with E-state index in [-0.39, 0.29) is 17.9 Å². The fourth-order valence-electron chi connectivity index (χ4n) is 5.14. The van der Waals surface area contributed by atoms with Gasteiger partial charge in [0, 0.05) is 25.6 Å². The Hall–Kier alpha value is -1.06. The molecular formula is C21H36N2O2. The van der Waals surface area contributed by atoms with E-state index in [0.717, 1.165) is 70.4 Å². The van der Waals surface area contributed by atoms with Crippen LogP contribution in [0.15, 0.2) is 0 Å². The highest BCUT2D eigenvalue weighted by molar-refractivity contribution is 5.82. The Bertz CT molecular complexity index is 445. The van der Waals surface area contributed by atoms with Gasteiger partial charge >= 0.3 is 0 Å². The van der Waals surface area contributed by atoms with Gasteiger partial charge < -0.3 is 10.2 Å². The second-order valence-corrected chi connectivity index (χ2v) is 8.44. The monoisotopic (exact) mass is 348 g/mol. The Morgan fingerprint density at radius 3 is 2.48 bits per heavy atom. The number of hydrogen-bond acceptors (Lipinski definition) is 2. The summed E-state index contributed by atoms with van der Waals surface area (Å²) in [4.78, 5) is 27.9. The molecule has 1 heterocycles. The van der Waals surface area contributed by atoms with Crippen molar-refractivity contribution in [3.05, 3.63) is 0 Å². The maximum Gasteiger partial charge on any atom is 0.225 e. The molecule has 25 heavy (non-hydrogen) atoms. The Morgan fingerprint density at radius 2 is 1.64 bits per heavy atom. The number of rotatable bonds is 3. The van der Waals surface area contributed by atoms with E-state index in [9.17, 15) is 9.59 Å². The third-order valence-electron chi connectivity index (χ3n) is 6.65. The quantitative estimate of drug-likeness (QED) is 0.837. The summed E-state index contributed by atoms with van der Waals surface area (Å²) >= 11 is 0. The molecule has 0 aromatic heterocycles. The summed E-state index contributed by atoms with van der Waals surface area (Å²) in [7, 11) is 0. The van der Waals surface area contributed by atoms with Crippen molar-refractivity contribution in [3.63, 3.8) is 0 Å². The van der Waals surface area contributed by atoms with Crippen LogP contribution in [-0.4, -0.2) is 35.8 Å². The average Bonchev–Trinajstić information content (AvgIpc) is 3.14. The van der Waals surface area contributed by atoms with Gasteiger partial charge in [0.05, 0.1) is 5.92 Å². The first kappa shape index (κ1) is 18.7. The number of carbonyl (C=O) groups is 2. The van der Waals surface area contributed by atoms with E-state index in [1.807, 2.05) is 0 Å². The molecule has 2 saturated carbocycles. The van der Waals surface area contributed by atoms with Gasteiger partial charge in [0.15, 0.2) is 0 Å². The summed E-state index contributed by atoms with van der Waals surface area (Å²) in [6, 6.07) is 0.142. The van der Waals surface area contributed by atoms with Gasteiger partial charge in [0.25, 0.3) is 0 Å². The molecule has 4 nitrogen and oxygen atoms in total. The van der Waals surface area contributed by atoms with E-state index < -0.39 is 0 Å². The molecule has 142 valence electrons. The molecule has 0 spiro atoms. The van der Waals surface area contributed by atoms with Crippen molar-refractivity contribution in [1.82, 2.24) is 10.2 Å². The second-order valence-electron chi connectivity index (χ2n) is 8.44. The summed E-state index contributed by atoms with van der Waals surface area (Å²) < 4.78 is 0. The fourth-order valence-corrected chi connectivity index (χ4v) is 5.14. The van der Waals surface area contributed by atoms with E-state index in [2.05, 4.69) is 10.2 Å². The molecule has 0 aromatic carbocycles. The summed E-state index contributed by atoms with van der Waals surface area (Å²) in [5.74, 6) is 1.29. The normalized spacial score (nSPS) is 29.6. The molecule has 3 fully saturated rings. The van der Waals surface area contributed by atoms with Crippen molar-refractivity contribution in [3.8, 4) is 0 Å². The summed E-state index contributed by atoms with van der Waals surface area (Å²) in [5, 5.41) is 3.14. The van der Waals surface area contributed by atoms with Gasteiger partial charge in [-0.3, -0.25) is 9.59 Å². The molecule has 2 aliphatic carbocycles. The minimum absolute atomic E-state index is 0.0160. The number of amides is 2.